The van der Waals surface area contributed by atoms with Gasteiger partial charge in [0.1, 0.15) is 11.6 Å². The first-order valence-electron chi connectivity index (χ1n) is 10.3. The van der Waals surface area contributed by atoms with Gasteiger partial charge in [-0.3, -0.25) is 0 Å². The van der Waals surface area contributed by atoms with Crippen LogP contribution in [-0.2, 0) is 0 Å². The van der Waals surface area contributed by atoms with Crippen molar-refractivity contribution in [2.24, 2.45) is 5.73 Å². The maximum absolute atomic E-state index is 14.1. The van der Waals surface area contributed by atoms with Crippen LogP contribution in [0.15, 0.2) is 54.6 Å². The summed E-state index contributed by atoms with van der Waals surface area (Å²) < 4.78 is 15.6. The molecule has 2 aromatic carbocycles. The number of nitrogens with zero attached hydrogens (tertiary/aromatic N) is 5. The van der Waals surface area contributed by atoms with Gasteiger partial charge in [0.25, 0.3) is 5.78 Å². The molecule has 0 saturated carbocycles. The standard InChI is InChI=1S/C23H22ClFN8/c1-14-11-21(28-13-19(27)17-7-2-3-8-18(17)25)33-23(29-14)31-22(32-33)30-20(9-10-26)15-5-4-6-16(24)12-15/h2-8,11-12,19-20,28H,9,13,27H2,1H3,(H,30,32)/t19-,20-/m1/s1. The molecule has 0 aliphatic heterocycles. The van der Waals surface area contributed by atoms with Crippen LogP contribution in [0.4, 0.5) is 16.2 Å². The lowest BCUT2D eigenvalue weighted by molar-refractivity contribution is 0.587. The molecule has 0 aliphatic rings. The van der Waals surface area contributed by atoms with Gasteiger partial charge in [-0.15, -0.1) is 5.10 Å². The Labute approximate surface area is 195 Å². The van der Waals surface area contributed by atoms with Crippen molar-refractivity contribution in [2.45, 2.75) is 25.4 Å². The van der Waals surface area contributed by atoms with E-state index in [1.807, 2.05) is 25.1 Å². The van der Waals surface area contributed by atoms with Gasteiger partial charge in [-0.2, -0.15) is 14.8 Å². The van der Waals surface area contributed by atoms with Crippen LogP contribution in [0.1, 0.15) is 35.3 Å². The fourth-order valence-electron chi connectivity index (χ4n) is 3.50. The highest BCUT2D eigenvalue weighted by Gasteiger charge is 2.17. The summed E-state index contributed by atoms with van der Waals surface area (Å²) >= 11 is 6.11. The van der Waals surface area contributed by atoms with E-state index in [1.54, 1.807) is 34.8 Å². The quantitative estimate of drug-likeness (QED) is 0.353. The maximum Gasteiger partial charge on any atom is 0.256 e. The molecular weight excluding hydrogens is 443 g/mol. The van der Waals surface area contributed by atoms with E-state index >= 15 is 0 Å². The van der Waals surface area contributed by atoms with Crippen molar-refractivity contribution >= 4 is 29.1 Å². The number of anilines is 2. The highest BCUT2D eigenvalue weighted by atomic mass is 35.5. The second-order valence-electron chi connectivity index (χ2n) is 7.55. The summed E-state index contributed by atoms with van der Waals surface area (Å²) in [7, 11) is 0. The fraction of sp³-hybridized carbons (Fsp3) is 0.217. The predicted molar refractivity (Wildman–Crippen MR) is 125 cm³/mol. The molecule has 168 valence electrons. The monoisotopic (exact) mass is 464 g/mol. The van der Waals surface area contributed by atoms with Gasteiger partial charge < -0.3 is 16.4 Å². The summed E-state index contributed by atoms with van der Waals surface area (Å²) in [5, 5.41) is 20.8. The van der Waals surface area contributed by atoms with Crippen LogP contribution in [0.3, 0.4) is 0 Å². The Bertz CT molecular complexity index is 1320. The van der Waals surface area contributed by atoms with Gasteiger partial charge in [-0.25, -0.2) is 9.37 Å². The topological polar surface area (TPSA) is 117 Å². The normalized spacial score (nSPS) is 12.8. The van der Waals surface area contributed by atoms with Gasteiger partial charge in [0, 0.05) is 34.9 Å². The molecule has 0 fully saturated rings. The zero-order chi connectivity index (χ0) is 23.4. The minimum atomic E-state index is -0.557. The minimum absolute atomic E-state index is 0.199. The molecule has 0 saturated heterocycles. The molecule has 0 spiro atoms. The van der Waals surface area contributed by atoms with Crippen molar-refractivity contribution in [1.82, 2.24) is 19.6 Å². The van der Waals surface area contributed by atoms with Crippen LogP contribution in [0.5, 0.6) is 0 Å². The Balaban J connectivity index is 1.58. The van der Waals surface area contributed by atoms with Crippen LogP contribution in [0, 0.1) is 24.1 Å². The third kappa shape index (κ3) is 5.19. The number of rotatable bonds is 8. The number of halogens is 2. The summed E-state index contributed by atoms with van der Waals surface area (Å²) in [6, 6.07) is 16.8. The average molecular weight is 465 g/mol. The first-order chi connectivity index (χ1) is 15.9. The number of nitriles is 1. The van der Waals surface area contributed by atoms with Gasteiger partial charge in [0.2, 0.25) is 5.95 Å². The highest BCUT2D eigenvalue weighted by molar-refractivity contribution is 6.30. The molecule has 0 bridgehead atoms. The van der Waals surface area contributed by atoms with Gasteiger partial charge in [-0.1, -0.05) is 41.9 Å². The number of fused-ring (bicyclic) bond motifs is 1. The molecule has 4 N–H and O–H groups in total. The molecule has 0 unspecified atom stereocenters. The Morgan fingerprint density at radius 2 is 2.00 bits per heavy atom. The first kappa shape index (κ1) is 22.5. The van der Waals surface area contributed by atoms with Gasteiger partial charge >= 0.3 is 0 Å². The summed E-state index contributed by atoms with van der Waals surface area (Å²) in [5.74, 6) is 0.958. The van der Waals surface area contributed by atoms with E-state index in [0.29, 0.717) is 28.1 Å². The van der Waals surface area contributed by atoms with Crippen LogP contribution < -0.4 is 16.4 Å². The lowest BCUT2D eigenvalue weighted by Gasteiger charge is -2.15. The minimum Gasteiger partial charge on any atom is -0.368 e. The summed E-state index contributed by atoms with van der Waals surface area (Å²) in [6.07, 6.45) is 0.199. The van der Waals surface area contributed by atoms with Crippen molar-refractivity contribution in [1.29, 1.82) is 5.26 Å². The van der Waals surface area contributed by atoms with Crippen LogP contribution in [-0.4, -0.2) is 26.1 Å². The fourth-order valence-corrected chi connectivity index (χ4v) is 3.70. The van der Waals surface area contributed by atoms with Crippen LogP contribution in [0.25, 0.3) is 5.78 Å². The van der Waals surface area contributed by atoms with E-state index in [1.165, 1.54) is 6.07 Å². The van der Waals surface area contributed by atoms with E-state index in [4.69, 9.17) is 17.3 Å². The van der Waals surface area contributed by atoms with Crippen molar-refractivity contribution in [3.63, 3.8) is 0 Å². The highest BCUT2D eigenvalue weighted by Crippen LogP contribution is 2.24. The second-order valence-corrected chi connectivity index (χ2v) is 7.99. The molecule has 8 nitrogen and oxygen atoms in total. The number of aromatic nitrogens is 4. The zero-order valence-electron chi connectivity index (χ0n) is 17.8. The molecular formula is C23H22ClFN8. The number of nitrogens with one attached hydrogen (secondary N) is 2. The average Bonchev–Trinajstić information content (AvgIpc) is 3.19. The van der Waals surface area contributed by atoms with E-state index in [9.17, 15) is 9.65 Å². The van der Waals surface area contributed by atoms with Crippen molar-refractivity contribution in [3.05, 3.63) is 82.3 Å². The zero-order valence-corrected chi connectivity index (χ0v) is 18.6. The van der Waals surface area contributed by atoms with E-state index < -0.39 is 6.04 Å². The largest absolute Gasteiger partial charge is 0.368 e. The Morgan fingerprint density at radius 1 is 1.18 bits per heavy atom. The number of hydrogen-bond donors (Lipinski definition) is 3. The second kappa shape index (κ2) is 9.81. The van der Waals surface area contributed by atoms with Gasteiger partial charge in [0.05, 0.1) is 18.5 Å². The molecule has 10 heteroatoms. The summed E-state index contributed by atoms with van der Waals surface area (Å²) in [4.78, 5) is 8.89. The number of benzene rings is 2. The van der Waals surface area contributed by atoms with E-state index in [2.05, 4.69) is 31.8 Å². The van der Waals surface area contributed by atoms with E-state index in [-0.39, 0.29) is 24.8 Å². The molecule has 0 amide bonds. The molecule has 0 radical (unpaired) electrons. The van der Waals surface area contributed by atoms with Gasteiger partial charge in [0.15, 0.2) is 0 Å². The molecule has 0 aliphatic carbocycles. The van der Waals surface area contributed by atoms with Crippen LogP contribution >= 0.6 is 11.6 Å². The SMILES string of the molecule is Cc1cc(NC[C@@H](N)c2ccccc2F)n2nc(N[C@H](CC#N)c3cccc(Cl)c3)nc2n1. The maximum atomic E-state index is 14.1. The molecule has 2 atom stereocenters. The third-order valence-electron chi connectivity index (χ3n) is 5.10. The Kier molecular flexibility index (Phi) is 6.68. The first-order valence-corrected chi connectivity index (χ1v) is 10.7. The van der Waals surface area contributed by atoms with Crippen LogP contribution in [0.2, 0.25) is 5.02 Å². The molecule has 33 heavy (non-hydrogen) atoms. The third-order valence-corrected chi connectivity index (χ3v) is 5.33. The smallest absolute Gasteiger partial charge is 0.256 e. The molecule has 2 heterocycles. The summed E-state index contributed by atoms with van der Waals surface area (Å²) in [6.45, 7) is 2.12. The number of hydrogen-bond acceptors (Lipinski definition) is 7. The predicted octanol–water partition coefficient (Wildman–Crippen LogP) is 4.40. The number of aryl methyl sites for hydroxylation is 1. The van der Waals surface area contributed by atoms with Crippen molar-refractivity contribution < 1.29 is 4.39 Å². The number of nitrogens with two attached hydrogens (primary N) is 1. The summed E-state index contributed by atoms with van der Waals surface area (Å²) in [5.41, 5.74) is 8.19. The van der Waals surface area contributed by atoms with E-state index in [0.717, 1.165) is 11.3 Å². The Hall–Kier alpha value is -3.74. The molecule has 4 rings (SSSR count). The van der Waals surface area contributed by atoms with Crippen molar-refractivity contribution in [3.8, 4) is 6.07 Å². The lowest BCUT2D eigenvalue weighted by atomic mass is 10.0. The van der Waals surface area contributed by atoms with Gasteiger partial charge in [-0.05, 0) is 30.7 Å². The lowest BCUT2D eigenvalue weighted by Crippen LogP contribution is -2.22. The molecule has 4 aromatic rings. The Morgan fingerprint density at radius 3 is 2.76 bits per heavy atom. The van der Waals surface area contributed by atoms with Crippen molar-refractivity contribution in [2.75, 3.05) is 17.2 Å². The molecule has 2 aromatic heterocycles.